The predicted molar refractivity (Wildman–Crippen MR) is 71.4 cm³/mol. The van der Waals surface area contributed by atoms with Gasteiger partial charge in [-0.15, -0.1) is 0 Å². The Morgan fingerprint density at radius 3 is 3.11 bits per heavy atom. The van der Waals surface area contributed by atoms with Crippen LogP contribution in [0.5, 0.6) is 0 Å². The summed E-state index contributed by atoms with van der Waals surface area (Å²) in [7, 11) is 0. The van der Waals surface area contributed by atoms with Gasteiger partial charge in [0, 0.05) is 18.8 Å². The Bertz CT molecular complexity index is 452. The summed E-state index contributed by atoms with van der Waals surface area (Å²) in [6.07, 6.45) is 4.63. The standard InChI is InChI=1S/C12H17ClN4O/c1-2-9-4-3-5-17(9)12(18)8-6-10(13)11(16-14)15-7-8/h6-7,9H,2-5,14H2,1H3,(H,15,16). The van der Waals surface area contributed by atoms with Crippen LogP contribution >= 0.6 is 11.6 Å². The van der Waals surface area contributed by atoms with E-state index in [4.69, 9.17) is 17.4 Å². The highest BCUT2D eigenvalue weighted by Gasteiger charge is 2.28. The van der Waals surface area contributed by atoms with E-state index in [0.29, 0.717) is 22.4 Å². The number of rotatable bonds is 3. The van der Waals surface area contributed by atoms with Crippen molar-refractivity contribution in [2.75, 3.05) is 12.0 Å². The van der Waals surface area contributed by atoms with Crippen LogP contribution in [-0.4, -0.2) is 28.4 Å². The van der Waals surface area contributed by atoms with Gasteiger partial charge in [-0.2, -0.15) is 0 Å². The zero-order valence-electron chi connectivity index (χ0n) is 10.3. The number of hydrogen-bond donors (Lipinski definition) is 2. The molecule has 0 aromatic carbocycles. The van der Waals surface area contributed by atoms with Crippen LogP contribution in [0.4, 0.5) is 5.82 Å². The van der Waals surface area contributed by atoms with Gasteiger partial charge < -0.3 is 10.3 Å². The number of nitrogens with one attached hydrogen (secondary N) is 1. The van der Waals surface area contributed by atoms with Crippen LogP contribution in [0.3, 0.4) is 0 Å². The molecular formula is C12H17ClN4O. The molecule has 1 atom stereocenters. The largest absolute Gasteiger partial charge is 0.336 e. The zero-order valence-corrected chi connectivity index (χ0v) is 11.1. The van der Waals surface area contributed by atoms with Crippen molar-refractivity contribution in [1.82, 2.24) is 9.88 Å². The van der Waals surface area contributed by atoms with Gasteiger partial charge in [-0.3, -0.25) is 4.79 Å². The number of likely N-dealkylation sites (tertiary alicyclic amines) is 1. The highest BCUT2D eigenvalue weighted by atomic mass is 35.5. The summed E-state index contributed by atoms with van der Waals surface area (Å²) in [5.74, 6) is 5.62. The van der Waals surface area contributed by atoms with Crippen LogP contribution in [0, 0.1) is 0 Å². The lowest BCUT2D eigenvalue weighted by Gasteiger charge is -2.23. The Labute approximate surface area is 111 Å². The fourth-order valence-electron chi connectivity index (χ4n) is 2.35. The van der Waals surface area contributed by atoms with E-state index < -0.39 is 0 Å². The second-order valence-corrected chi connectivity index (χ2v) is 4.81. The molecule has 0 radical (unpaired) electrons. The molecule has 1 aliphatic heterocycles. The lowest BCUT2D eigenvalue weighted by Crippen LogP contribution is -2.35. The van der Waals surface area contributed by atoms with Gasteiger partial charge in [0.05, 0.1) is 10.6 Å². The Morgan fingerprint density at radius 1 is 1.72 bits per heavy atom. The topological polar surface area (TPSA) is 71.2 Å². The van der Waals surface area contributed by atoms with Gasteiger partial charge in [0.1, 0.15) is 0 Å². The highest BCUT2D eigenvalue weighted by molar-refractivity contribution is 6.33. The lowest BCUT2D eigenvalue weighted by atomic mass is 10.1. The number of anilines is 1. The molecule has 6 heteroatoms. The van der Waals surface area contributed by atoms with Crippen molar-refractivity contribution >= 4 is 23.3 Å². The van der Waals surface area contributed by atoms with Crippen LogP contribution in [0.1, 0.15) is 36.5 Å². The quantitative estimate of drug-likeness (QED) is 0.650. The van der Waals surface area contributed by atoms with E-state index in [2.05, 4.69) is 17.3 Å². The van der Waals surface area contributed by atoms with Gasteiger partial charge in [0.2, 0.25) is 0 Å². The number of aromatic nitrogens is 1. The summed E-state index contributed by atoms with van der Waals surface area (Å²) in [5.41, 5.74) is 2.90. The smallest absolute Gasteiger partial charge is 0.255 e. The Morgan fingerprint density at radius 2 is 2.50 bits per heavy atom. The molecule has 0 aliphatic carbocycles. The summed E-state index contributed by atoms with van der Waals surface area (Å²) < 4.78 is 0. The number of carbonyl (C=O) groups is 1. The number of hydrogen-bond acceptors (Lipinski definition) is 4. The molecule has 2 rings (SSSR count). The van der Waals surface area contributed by atoms with Crippen molar-refractivity contribution in [3.8, 4) is 0 Å². The maximum absolute atomic E-state index is 12.3. The monoisotopic (exact) mass is 268 g/mol. The number of halogens is 1. The number of nitrogens with two attached hydrogens (primary N) is 1. The fraction of sp³-hybridized carbons (Fsp3) is 0.500. The maximum atomic E-state index is 12.3. The molecule has 2 heterocycles. The maximum Gasteiger partial charge on any atom is 0.255 e. The van der Waals surface area contributed by atoms with Crippen molar-refractivity contribution in [3.63, 3.8) is 0 Å². The third-order valence-electron chi connectivity index (χ3n) is 3.33. The third-order valence-corrected chi connectivity index (χ3v) is 3.62. The highest BCUT2D eigenvalue weighted by Crippen LogP contribution is 2.24. The normalized spacial score (nSPS) is 19.1. The van der Waals surface area contributed by atoms with E-state index >= 15 is 0 Å². The number of nitrogens with zero attached hydrogens (tertiary/aromatic N) is 2. The molecule has 1 saturated heterocycles. The van der Waals surface area contributed by atoms with Gasteiger partial charge in [-0.25, -0.2) is 10.8 Å². The molecule has 18 heavy (non-hydrogen) atoms. The van der Waals surface area contributed by atoms with Crippen LogP contribution < -0.4 is 11.3 Å². The molecule has 1 aromatic rings. The molecule has 98 valence electrons. The Balaban J connectivity index is 2.21. The molecule has 1 aliphatic rings. The number of pyridine rings is 1. The number of carbonyl (C=O) groups excluding carboxylic acids is 1. The fourth-order valence-corrected chi connectivity index (χ4v) is 2.58. The van der Waals surface area contributed by atoms with Crippen LogP contribution in [0.25, 0.3) is 0 Å². The first-order valence-electron chi connectivity index (χ1n) is 6.10. The zero-order chi connectivity index (χ0) is 13.1. The number of nitrogen functional groups attached to an aromatic ring is 1. The summed E-state index contributed by atoms with van der Waals surface area (Å²) in [6.45, 7) is 2.91. The van der Waals surface area contributed by atoms with E-state index in [-0.39, 0.29) is 5.91 Å². The Hall–Kier alpha value is -1.33. The van der Waals surface area contributed by atoms with E-state index in [1.165, 1.54) is 6.20 Å². The number of hydrazine groups is 1. The van der Waals surface area contributed by atoms with Gasteiger partial charge in [0.25, 0.3) is 5.91 Å². The summed E-state index contributed by atoms with van der Waals surface area (Å²) >= 11 is 5.97. The molecule has 1 amide bonds. The van der Waals surface area contributed by atoms with E-state index in [1.54, 1.807) is 6.07 Å². The molecule has 0 saturated carbocycles. The lowest BCUT2D eigenvalue weighted by molar-refractivity contribution is 0.0733. The van der Waals surface area contributed by atoms with Crippen molar-refractivity contribution in [2.45, 2.75) is 32.2 Å². The minimum absolute atomic E-state index is 0.00248. The van der Waals surface area contributed by atoms with Gasteiger partial charge in [-0.05, 0) is 25.3 Å². The molecule has 0 bridgehead atoms. The average molecular weight is 269 g/mol. The number of amides is 1. The van der Waals surface area contributed by atoms with Gasteiger partial charge in [0.15, 0.2) is 5.82 Å². The Kier molecular flexibility index (Phi) is 4.04. The molecule has 1 aromatic heterocycles. The van der Waals surface area contributed by atoms with E-state index in [1.807, 2.05) is 4.90 Å². The first kappa shape index (κ1) is 13.1. The minimum atomic E-state index is -0.00248. The molecule has 1 fully saturated rings. The molecule has 0 spiro atoms. The average Bonchev–Trinajstić information content (AvgIpc) is 2.86. The van der Waals surface area contributed by atoms with Gasteiger partial charge >= 0.3 is 0 Å². The van der Waals surface area contributed by atoms with Crippen molar-refractivity contribution in [1.29, 1.82) is 0 Å². The minimum Gasteiger partial charge on any atom is -0.336 e. The second kappa shape index (κ2) is 5.54. The van der Waals surface area contributed by atoms with Crippen molar-refractivity contribution in [3.05, 3.63) is 22.8 Å². The summed E-state index contributed by atoms with van der Waals surface area (Å²) in [5, 5.41) is 0.357. The molecule has 1 unspecified atom stereocenters. The van der Waals surface area contributed by atoms with Crippen molar-refractivity contribution < 1.29 is 4.79 Å². The van der Waals surface area contributed by atoms with Crippen LogP contribution in [0.15, 0.2) is 12.3 Å². The van der Waals surface area contributed by atoms with Crippen LogP contribution in [0.2, 0.25) is 5.02 Å². The first-order chi connectivity index (χ1) is 8.67. The van der Waals surface area contributed by atoms with E-state index in [9.17, 15) is 4.79 Å². The second-order valence-electron chi connectivity index (χ2n) is 4.40. The summed E-state index contributed by atoms with van der Waals surface area (Å²) in [6, 6.07) is 1.94. The summed E-state index contributed by atoms with van der Waals surface area (Å²) in [4.78, 5) is 18.3. The van der Waals surface area contributed by atoms with Crippen LogP contribution in [-0.2, 0) is 0 Å². The molecule has 5 nitrogen and oxygen atoms in total. The predicted octanol–water partition coefficient (Wildman–Crippen LogP) is 2.04. The molecule has 3 N–H and O–H groups in total. The third kappa shape index (κ3) is 2.42. The van der Waals surface area contributed by atoms with Gasteiger partial charge in [-0.1, -0.05) is 18.5 Å². The molecular weight excluding hydrogens is 252 g/mol. The first-order valence-corrected chi connectivity index (χ1v) is 6.48. The SMILES string of the molecule is CCC1CCCN1C(=O)c1cnc(NN)c(Cl)c1. The van der Waals surface area contributed by atoms with E-state index in [0.717, 1.165) is 25.8 Å². The van der Waals surface area contributed by atoms with Crippen molar-refractivity contribution in [2.24, 2.45) is 5.84 Å².